The van der Waals surface area contributed by atoms with Crippen LogP contribution in [0.25, 0.3) is 22.2 Å². The van der Waals surface area contributed by atoms with E-state index in [1.54, 1.807) is 31.2 Å². The second-order valence-electron chi connectivity index (χ2n) is 6.09. The minimum atomic E-state index is -0.119. The largest absolute Gasteiger partial charge is 0.348 e. The molecule has 1 aromatic heterocycles. The molecule has 1 heterocycles. The number of rotatable bonds is 4. The van der Waals surface area contributed by atoms with Crippen LogP contribution in [0.4, 0.5) is 0 Å². The summed E-state index contributed by atoms with van der Waals surface area (Å²) in [5.74, 6) is 0.911. The monoisotopic (exact) mass is 343 g/mol. The Kier molecular flexibility index (Phi) is 4.19. The number of nitrogens with one attached hydrogen (secondary N) is 1. The lowest BCUT2D eigenvalue weighted by atomic mass is 10.1. The lowest BCUT2D eigenvalue weighted by Crippen LogP contribution is -2.22. The SMILES string of the molecule is Cc1noc(-c2ccc(C(=O)NCc3ccc4ccccc4c3)cc2)n1. The Balaban J connectivity index is 1.44. The molecule has 5 heteroatoms. The van der Waals surface area contributed by atoms with Gasteiger partial charge in [0.05, 0.1) is 0 Å². The van der Waals surface area contributed by atoms with Crippen molar-refractivity contribution in [2.24, 2.45) is 0 Å². The number of aryl methyl sites for hydroxylation is 1. The van der Waals surface area contributed by atoms with Crippen LogP contribution in [-0.4, -0.2) is 16.0 Å². The number of carbonyl (C=O) groups is 1. The van der Waals surface area contributed by atoms with Crippen LogP contribution in [0.3, 0.4) is 0 Å². The third-order valence-corrected chi connectivity index (χ3v) is 4.19. The Morgan fingerprint density at radius 1 is 1.00 bits per heavy atom. The molecule has 0 aliphatic carbocycles. The first-order valence-corrected chi connectivity index (χ1v) is 8.36. The van der Waals surface area contributed by atoms with E-state index in [1.165, 1.54) is 10.8 Å². The summed E-state index contributed by atoms with van der Waals surface area (Å²) in [5.41, 5.74) is 2.44. The number of nitrogens with zero attached hydrogens (tertiary/aromatic N) is 2. The molecule has 0 fully saturated rings. The number of aromatic nitrogens is 2. The second kappa shape index (κ2) is 6.80. The summed E-state index contributed by atoms with van der Waals surface area (Å²) < 4.78 is 5.13. The molecule has 128 valence electrons. The summed E-state index contributed by atoms with van der Waals surface area (Å²) in [6.45, 7) is 2.25. The molecule has 3 aromatic carbocycles. The molecule has 4 aromatic rings. The number of carbonyl (C=O) groups excluding carboxylic acids is 1. The van der Waals surface area contributed by atoms with E-state index in [4.69, 9.17) is 4.52 Å². The zero-order valence-electron chi connectivity index (χ0n) is 14.3. The van der Waals surface area contributed by atoms with E-state index < -0.39 is 0 Å². The Bertz CT molecular complexity index is 1070. The first-order valence-electron chi connectivity index (χ1n) is 8.36. The van der Waals surface area contributed by atoms with Gasteiger partial charge in [-0.15, -0.1) is 0 Å². The summed E-state index contributed by atoms with van der Waals surface area (Å²) in [7, 11) is 0. The van der Waals surface area contributed by atoms with Gasteiger partial charge in [-0.1, -0.05) is 41.6 Å². The van der Waals surface area contributed by atoms with Gasteiger partial charge in [0.2, 0.25) is 0 Å². The van der Waals surface area contributed by atoms with E-state index in [1.807, 2.05) is 18.2 Å². The predicted molar refractivity (Wildman–Crippen MR) is 99.6 cm³/mol. The molecule has 0 radical (unpaired) electrons. The van der Waals surface area contributed by atoms with Crippen molar-refractivity contribution in [3.63, 3.8) is 0 Å². The fourth-order valence-electron chi connectivity index (χ4n) is 2.81. The summed E-state index contributed by atoms with van der Waals surface area (Å²) in [4.78, 5) is 16.5. The number of hydrogen-bond acceptors (Lipinski definition) is 4. The van der Waals surface area contributed by atoms with Crippen LogP contribution < -0.4 is 5.32 Å². The van der Waals surface area contributed by atoms with E-state index in [9.17, 15) is 4.79 Å². The quantitative estimate of drug-likeness (QED) is 0.605. The maximum atomic E-state index is 12.4. The summed E-state index contributed by atoms with van der Waals surface area (Å²) in [6, 6.07) is 21.5. The molecule has 1 amide bonds. The van der Waals surface area contributed by atoms with E-state index in [0.717, 1.165) is 11.1 Å². The average Bonchev–Trinajstić information content (AvgIpc) is 3.12. The van der Waals surface area contributed by atoms with Gasteiger partial charge in [0.15, 0.2) is 5.82 Å². The molecule has 0 unspecified atom stereocenters. The fourth-order valence-corrected chi connectivity index (χ4v) is 2.81. The zero-order valence-corrected chi connectivity index (χ0v) is 14.3. The molecule has 0 aliphatic rings. The first kappa shape index (κ1) is 16.0. The smallest absolute Gasteiger partial charge is 0.257 e. The number of benzene rings is 3. The van der Waals surface area contributed by atoms with Crippen LogP contribution in [0.1, 0.15) is 21.7 Å². The van der Waals surface area contributed by atoms with Gasteiger partial charge in [-0.25, -0.2) is 0 Å². The van der Waals surface area contributed by atoms with Crippen molar-refractivity contribution in [1.82, 2.24) is 15.5 Å². The van der Waals surface area contributed by atoms with Crippen LogP contribution in [0.5, 0.6) is 0 Å². The summed E-state index contributed by atoms with van der Waals surface area (Å²) in [6.07, 6.45) is 0. The highest BCUT2D eigenvalue weighted by molar-refractivity contribution is 5.94. The molecular formula is C21H17N3O2. The van der Waals surface area contributed by atoms with E-state index in [-0.39, 0.29) is 5.91 Å². The molecule has 0 spiro atoms. The minimum Gasteiger partial charge on any atom is -0.348 e. The summed E-state index contributed by atoms with van der Waals surface area (Å²) in [5, 5.41) is 9.08. The Morgan fingerprint density at radius 3 is 2.50 bits per heavy atom. The second-order valence-corrected chi connectivity index (χ2v) is 6.09. The van der Waals surface area contributed by atoms with Crippen LogP contribution >= 0.6 is 0 Å². The maximum absolute atomic E-state index is 12.4. The highest BCUT2D eigenvalue weighted by Gasteiger charge is 2.09. The lowest BCUT2D eigenvalue weighted by Gasteiger charge is -2.07. The molecule has 0 bridgehead atoms. The molecular weight excluding hydrogens is 326 g/mol. The fraction of sp³-hybridized carbons (Fsp3) is 0.0952. The van der Waals surface area contributed by atoms with Gasteiger partial charge >= 0.3 is 0 Å². The van der Waals surface area contributed by atoms with Crippen molar-refractivity contribution in [2.75, 3.05) is 0 Å². The highest BCUT2D eigenvalue weighted by Crippen LogP contribution is 2.18. The maximum Gasteiger partial charge on any atom is 0.257 e. The lowest BCUT2D eigenvalue weighted by molar-refractivity contribution is 0.0951. The third-order valence-electron chi connectivity index (χ3n) is 4.19. The molecule has 5 nitrogen and oxygen atoms in total. The van der Waals surface area contributed by atoms with Gasteiger partial charge in [-0.05, 0) is 53.6 Å². The summed E-state index contributed by atoms with van der Waals surface area (Å²) >= 11 is 0. The van der Waals surface area contributed by atoms with Crippen LogP contribution in [0, 0.1) is 6.92 Å². The van der Waals surface area contributed by atoms with Gasteiger partial charge in [0.1, 0.15) is 0 Å². The van der Waals surface area contributed by atoms with Gasteiger partial charge in [-0.2, -0.15) is 4.98 Å². The van der Waals surface area contributed by atoms with Gasteiger partial charge in [0, 0.05) is 17.7 Å². The zero-order chi connectivity index (χ0) is 17.9. The van der Waals surface area contributed by atoms with Gasteiger partial charge in [-0.3, -0.25) is 4.79 Å². The highest BCUT2D eigenvalue weighted by atomic mass is 16.5. The molecule has 0 aliphatic heterocycles. The number of fused-ring (bicyclic) bond motifs is 1. The van der Waals surface area contributed by atoms with Gasteiger partial charge in [0.25, 0.3) is 11.8 Å². The number of hydrogen-bond donors (Lipinski definition) is 1. The normalized spacial score (nSPS) is 10.8. The Labute approximate surface area is 150 Å². The predicted octanol–water partition coefficient (Wildman–Crippen LogP) is 4.13. The number of amides is 1. The van der Waals surface area contributed by atoms with Crippen molar-refractivity contribution in [3.05, 3.63) is 83.7 Å². The third kappa shape index (κ3) is 3.32. The Morgan fingerprint density at radius 2 is 1.77 bits per heavy atom. The van der Waals surface area contributed by atoms with Crippen molar-refractivity contribution in [2.45, 2.75) is 13.5 Å². The topological polar surface area (TPSA) is 68.0 Å². The first-order chi connectivity index (χ1) is 12.7. The van der Waals surface area contributed by atoms with Crippen molar-refractivity contribution >= 4 is 16.7 Å². The van der Waals surface area contributed by atoms with Crippen molar-refractivity contribution in [3.8, 4) is 11.5 Å². The molecule has 0 saturated carbocycles. The van der Waals surface area contributed by atoms with Crippen LogP contribution in [0.15, 0.2) is 71.3 Å². The van der Waals surface area contributed by atoms with Crippen molar-refractivity contribution < 1.29 is 9.32 Å². The molecule has 26 heavy (non-hydrogen) atoms. The van der Waals surface area contributed by atoms with Gasteiger partial charge < -0.3 is 9.84 Å². The Hall–Kier alpha value is -3.47. The van der Waals surface area contributed by atoms with Crippen LogP contribution in [-0.2, 0) is 6.54 Å². The minimum absolute atomic E-state index is 0.119. The van der Waals surface area contributed by atoms with E-state index in [2.05, 4.69) is 39.7 Å². The van der Waals surface area contributed by atoms with Crippen molar-refractivity contribution in [1.29, 1.82) is 0 Å². The molecule has 1 N–H and O–H groups in total. The average molecular weight is 343 g/mol. The van der Waals surface area contributed by atoms with E-state index in [0.29, 0.717) is 23.8 Å². The standard InChI is InChI=1S/C21H17N3O2/c1-14-23-21(26-24-14)18-10-8-17(9-11-18)20(25)22-13-15-6-7-16-4-2-3-5-19(16)12-15/h2-12H,13H2,1H3,(H,22,25). The van der Waals surface area contributed by atoms with E-state index >= 15 is 0 Å². The van der Waals surface area contributed by atoms with Crippen LogP contribution in [0.2, 0.25) is 0 Å². The molecule has 0 atom stereocenters. The molecule has 0 saturated heterocycles. The molecule has 4 rings (SSSR count).